The number of aliphatic carboxylic acids is 1. The van der Waals surface area contributed by atoms with Crippen molar-refractivity contribution in [2.45, 2.75) is 6.92 Å². The van der Waals surface area contributed by atoms with Gasteiger partial charge in [-0.15, -0.1) is 0 Å². The minimum atomic E-state index is -1.09. The number of carboxylic acid groups (broad SMARTS) is 1. The average molecular weight is 466 g/mol. The zero-order chi connectivity index (χ0) is 23.4. The second kappa shape index (κ2) is 9.61. The predicted octanol–water partition coefficient (Wildman–Crippen LogP) is 4.77. The van der Waals surface area contributed by atoms with Gasteiger partial charge in [0.1, 0.15) is 11.3 Å². The molecule has 2 aromatic carbocycles. The minimum Gasteiger partial charge on any atom is -0.482 e. The highest BCUT2D eigenvalue weighted by Gasteiger charge is 2.20. The number of ether oxygens (including phenoxy) is 1. The van der Waals surface area contributed by atoms with E-state index >= 15 is 4.39 Å². The van der Waals surface area contributed by atoms with Crippen molar-refractivity contribution in [2.24, 2.45) is 0 Å². The van der Waals surface area contributed by atoms with Gasteiger partial charge in [0.05, 0.1) is 10.4 Å². The fraction of sp³-hybridized carbons (Fsp3) is 0.130. The summed E-state index contributed by atoms with van der Waals surface area (Å²) in [7, 11) is 0. The zero-order valence-electron chi connectivity index (χ0n) is 17.5. The summed E-state index contributed by atoms with van der Waals surface area (Å²) in [6.45, 7) is 1.77. The Morgan fingerprint density at radius 3 is 2.61 bits per heavy atom. The van der Waals surface area contributed by atoms with Crippen LogP contribution in [-0.2, 0) is 4.79 Å². The molecular formula is C23H19FN4O4S. The molecule has 0 spiro atoms. The Morgan fingerprint density at radius 2 is 1.94 bits per heavy atom. The van der Waals surface area contributed by atoms with E-state index in [0.717, 1.165) is 11.3 Å². The van der Waals surface area contributed by atoms with E-state index in [2.05, 4.69) is 20.6 Å². The number of hydrogen-bond donors (Lipinski definition) is 3. The maximum Gasteiger partial charge on any atom is 0.341 e. The predicted molar refractivity (Wildman–Crippen MR) is 124 cm³/mol. The van der Waals surface area contributed by atoms with E-state index in [0.29, 0.717) is 39.4 Å². The number of pyridine rings is 1. The molecule has 0 aliphatic heterocycles. The molecule has 0 aliphatic carbocycles. The van der Waals surface area contributed by atoms with Gasteiger partial charge < -0.3 is 15.2 Å². The number of fused-ring (bicyclic) bond motifs is 1. The molecule has 0 unspecified atom stereocenters. The van der Waals surface area contributed by atoms with Crippen molar-refractivity contribution in [3.05, 3.63) is 60.5 Å². The third kappa shape index (κ3) is 4.90. The van der Waals surface area contributed by atoms with Gasteiger partial charge in [0.15, 0.2) is 17.6 Å². The van der Waals surface area contributed by atoms with E-state index in [1.165, 1.54) is 0 Å². The number of halogens is 1. The molecule has 2 heterocycles. The van der Waals surface area contributed by atoms with Crippen LogP contribution in [0.4, 0.5) is 14.3 Å². The van der Waals surface area contributed by atoms with E-state index < -0.39 is 24.4 Å². The molecule has 8 nitrogen and oxygen atoms in total. The lowest BCUT2D eigenvalue weighted by molar-refractivity contribution is -0.139. The van der Waals surface area contributed by atoms with Crippen LogP contribution in [0.25, 0.3) is 32.6 Å². The first-order chi connectivity index (χ1) is 16.0. The van der Waals surface area contributed by atoms with Crippen LogP contribution in [0.3, 0.4) is 0 Å². The second-order valence-corrected chi connectivity index (χ2v) is 7.89. The van der Waals surface area contributed by atoms with Crippen molar-refractivity contribution < 1.29 is 23.8 Å². The number of nitrogens with zero attached hydrogens (tertiary/aromatic N) is 2. The maximum atomic E-state index is 15.6. The Hall–Kier alpha value is -4.05. The molecule has 0 aliphatic rings. The molecular weight excluding hydrogens is 447 g/mol. The summed E-state index contributed by atoms with van der Waals surface area (Å²) < 4.78 is 21.3. The highest BCUT2D eigenvalue weighted by atomic mass is 32.1. The highest BCUT2D eigenvalue weighted by molar-refractivity contribution is 7.22. The van der Waals surface area contributed by atoms with Gasteiger partial charge in [-0.2, -0.15) is 0 Å². The van der Waals surface area contributed by atoms with Crippen LogP contribution in [0, 0.1) is 5.82 Å². The molecule has 168 valence electrons. The van der Waals surface area contributed by atoms with E-state index in [4.69, 9.17) is 9.84 Å². The molecule has 0 radical (unpaired) electrons. The summed E-state index contributed by atoms with van der Waals surface area (Å²) in [6.07, 6.45) is 1.65. The van der Waals surface area contributed by atoms with Crippen LogP contribution in [0.1, 0.15) is 6.92 Å². The average Bonchev–Trinajstić information content (AvgIpc) is 3.23. The summed E-state index contributed by atoms with van der Waals surface area (Å²) in [5.41, 5.74) is 2.28. The fourth-order valence-electron chi connectivity index (χ4n) is 3.21. The number of benzene rings is 2. The Balaban J connectivity index is 1.81. The Kier molecular flexibility index (Phi) is 6.45. The molecule has 3 N–H and O–H groups in total. The zero-order valence-corrected chi connectivity index (χ0v) is 18.3. The number of carbonyl (C=O) groups is 2. The van der Waals surface area contributed by atoms with Gasteiger partial charge in [-0.3, -0.25) is 10.3 Å². The number of nitrogens with one attached hydrogen (secondary N) is 2. The lowest BCUT2D eigenvalue weighted by atomic mass is 9.99. The lowest BCUT2D eigenvalue weighted by Gasteiger charge is -2.10. The summed E-state index contributed by atoms with van der Waals surface area (Å²) in [5, 5.41) is 14.3. The Morgan fingerprint density at radius 1 is 1.15 bits per heavy atom. The van der Waals surface area contributed by atoms with Crippen LogP contribution in [-0.4, -0.2) is 40.2 Å². The van der Waals surface area contributed by atoms with Gasteiger partial charge in [-0.05, 0) is 42.8 Å². The van der Waals surface area contributed by atoms with Gasteiger partial charge in [0.25, 0.3) is 0 Å². The van der Waals surface area contributed by atoms with Crippen molar-refractivity contribution in [3.63, 3.8) is 0 Å². The highest BCUT2D eigenvalue weighted by Crippen LogP contribution is 2.40. The quantitative estimate of drug-likeness (QED) is 0.362. The van der Waals surface area contributed by atoms with Gasteiger partial charge in [-0.25, -0.2) is 19.0 Å². The Bertz CT molecular complexity index is 1310. The molecule has 4 rings (SSSR count). The first kappa shape index (κ1) is 22.2. The normalized spacial score (nSPS) is 10.7. The Labute approximate surface area is 192 Å². The van der Waals surface area contributed by atoms with Crippen LogP contribution in [0.2, 0.25) is 0 Å². The van der Waals surface area contributed by atoms with Crippen LogP contribution in [0.5, 0.6) is 5.75 Å². The molecule has 33 heavy (non-hydrogen) atoms. The summed E-state index contributed by atoms with van der Waals surface area (Å²) in [4.78, 5) is 31.4. The monoisotopic (exact) mass is 466 g/mol. The van der Waals surface area contributed by atoms with Gasteiger partial charge in [0.2, 0.25) is 0 Å². The molecule has 0 atom stereocenters. The molecule has 0 saturated heterocycles. The molecule has 10 heteroatoms. The number of rotatable bonds is 7. The van der Waals surface area contributed by atoms with Crippen molar-refractivity contribution in [1.82, 2.24) is 15.3 Å². The molecule has 2 aromatic heterocycles. The van der Waals surface area contributed by atoms with Gasteiger partial charge in [0, 0.05) is 23.9 Å². The van der Waals surface area contributed by atoms with E-state index in [1.54, 1.807) is 49.5 Å². The smallest absolute Gasteiger partial charge is 0.341 e. The molecule has 0 bridgehead atoms. The second-order valence-electron chi connectivity index (χ2n) is 6.89. The van der Waals surface area contributed by atoms with Gasteiger partial charge in [-0.1, -0.05) is 29.5 Å². The third-order valence-corrected chi connectivity index (χ3v) is 5.64. The molecule has 2 amide bonds. The number of hydrogen-bond acceptors (Lipinski definition) is 6. The summed E-state index contributed by atoms with van der Waals surface area (Å²) in [5.74, 6) is -1.27. The molecule has 0 fully saturated rings. The molecule has 4 aromatic rings. The number of thiazole rings is 1. The largest absolute Gasteiger partial charge is 0.482 e. The van der Waals surface area contributed by atoms with Crippen LogP contribution < -0.4 is 15.4 Å². The van der Waals surface area contributed by atoms with E-state index in [-0.39, 0.29) is 10.6 Å². The van der Waals surface area contributed by atoms with Crippen molar-refractivity contribution in [3.8, 4) is 28.1 Å². The molecule has 0 saturated carbocycles. The third-order valence-electron chi connectivity index (χ3n) is 4.63. The maximum absolute atomic E-state index is 15.6. The van der Waals surface area contributed by atoms with Gasteiger partial charge >= 0.3 is 12.0 Å². The summed E-state index contributed by atoms with van der Waals surface area (Å²) in [6, 6.07) is 13.1. The number of urea groups is 1. The van der Waals surface area contributed by atoms with Crippen LogP contribution >= 0.6 is 11.3 Å². The minimum absolute atomic E-state index is 0.121. The SMILES string of the molecule is CCNC(=O)Nc1nc2c(F)c(-c3ccc(OCC(=O)O)cc3)cc(-c3ccccn3)c2s1. The van der Waals surface area contributed by atoms with E-state index in [9.17, 15) is 9.59 Å². The van der Waals surface area contributed by atoms with Crippen LogP contribution in [0.15, 0.2) is 54.7 Å². The lowest BCUT2D eigenvalue weighted by Crippen LogP contribution is -2.28. The number of aromatic nitrogens is 2. The topological polar surface area (TPSA) is 113 Å². The number of anilines is 1. The van der Waals surface area contributed by atoms with Crippen molar-refractivity contribution in [1.29, 1.82) is 0 Å². The standard InChI is InChI=1S/C23H19FN4O4S/c1-2-25-22(31)28-23-27-20-19(24)15(13-6-8-14(9-7-13)32-12-18(29)30)11-16(21(20)33-23)17-5-3-4-10-26-17/h3-11H,2,12H2,1H3,(H,29,30)(H2,25,27,28,31). The fourth-order valence-corrected chi connectivity index (χ4v) is 4.19. The first-order valence-corrected chi connectivity index (χ1v) is 10.8. The van der Waals surface area contributed by atoms with Crippen molar-refractivity contribution >= 4 is 38.7 Å². The number of carboxylic acids is 1. The number of carbonyl (C=O) groups excluding carboxylic acids is 1. The number of amides is 2. The summed E-state index contributed by atoms with van der Waals surface area (Å²) >= 11 is 1.16. The first-order valence-electron chi connectivity index (χ1n) is 10.0. The van der Waals surface area contributed by atoms with Crippen molar-refractivity contribution in [2.75, 3.05) is 18.5 Å². The van der Waals surface area contributed by atoms with E-state index in [1.807, 2.05) is 12.1 Å².